The Kier molecular flexibility index (Phi) is 3.69. The number of ether oxygens (including phenoxy) is 1. The van der Waals surface area contributed by atoms with Crippen molar-refractivity contribution in [2.45, 2.75) is 19.4 Å². The fourth-order valence-electron chi connectivity index (χ4n) is 1.03. The van der Waals surface area contributed by atoms with Crippen LogP contribution in [0, 0.1) is 11.3 Å². The topological polar surface area (TPSA) is 50.1 Å². The number of hydrogen-bond acceptors (Lipinski definition) is 3. The Hall–Kier alpha value is -1.82. The fraction of sp³-hybridized carbons (Fsp3) is 0.273. The van der Waals surface area contributed by atoms with Gasteiger partial charge in [-0.15, -0.1) is 0 Å². The average Bonchev–Trinajstić information content (AvgIpc) is 2.19. The van der Waals surface area contributed by atoms with Gasteiger partial charge in [-0.25, -0.2) is 0 Å². The van der Waals surface area contributed by atoms with Crippen molar-refractivity contribution in [1.29, 1.82) is 5.26 Å². The standard InChI is InChI=1S/C11H11NO2/c1-9(8-12)14-11(13)7-10-5-3-2-4-6-10/h2-6,9H,7H2,1H3. The number of benzene rings is 1. The van der Waals surface area contributed by atoms with Gasteiger partial charge >= 0.3 is 5.97 Å². The molecule has 0 saturated heterocycles. The molecule has 0 heterocycles. The van der Waals surface area contributed by atoms with Crippen LogP contribution < -0.4 is 0 Å². The van der Waals surface area contributed by atoms with E-state index in [9.17, 15) is 4.79 Å². The van der Waals surface area contributed by atoms with Gasteiger partial charge in [0, 0.05) is 0 Å². The van der Waals surface area contributed by atoms with Gasteiger partial charge in [0.05, 0.1) is 6.42 Å². The van der Waals surface area contributed by atoms with Crippen LogP contribution >= 0.6 is 0 Å². The molecule has 1 rings (SSSR count). The third-order valence-corrected chi connectivity index (χ3v) is 1.68. The van der Waals surface area contributed by atoms with E-state index in [2.05, 4.69) is 0 Å². The van der Waals surface area contributed by atoms with E-state index in [-0.39, 0.29) is 12.4 Å². The smallest absolute Gasteiger partial charge is 0.311 e. The van der Waals surface area contributed by atoms with E-state index >= 15 is 0 Å². The minimum Gasteiger partial charge on any atom is -0.447 e. The summed E-state index contributed by atoms with van der Waals surface area (Å²) in [5.74, 6) is -0.370. The molecule has 1 unspecified atom stereocenters. The highest BCUT2D eigenvalue weighted by molar-refractivity contribution is 5.72. The van der Waals surface area contributed by atoms with Gasteiger partial charge in [0.1, 0.15) is 6.07 Å². The molecule has 14 heavy (non-hydrogen) atoms. The first kappa shape index (κ1) is 10.3. The van der Waals surface area contributed by atoms with Gasteiger partial charge in [0.25, 0.3) is 0 Å². The van der Waals surface area contributed by atoms with E-state index in [1.807, 2.05) is 36.4 Å². The average molecular weight is 189 g/mol. The Balaban J connectivity index is 2.47. The predicted molar refractivity (Wildman–Crippen MR) is 51.3 cm³/mol. The molecular formula is C11H11NO2. The number of carbonyl (C=O) groups excluding carboxylic acids is 1. The highest BCUT2D eigenvalue weighted by Gasteiger charge is 2.08. The van der Waals surface area contributed by atoms with Gasteiger partial charge in [-0.2, -0.15) is 5.26 Å². The Labute approximate surface area is 82.9 Å². The van der Waals surface area contributed by atoms with Crippen LogP contribution in [-0.2, 0) is 16.0 Å². The minimum absolute atomic E-state index is 0.215. The quantitative estimate of drug-likeness (QED) is 0.680. The maximum absolute atomic E-state index is 11.2. The zero-order valence-corrected chi connectivity index (χ0v) is 7.93. The molecule has 0 radical (unpaired) electrons. The van der Waals surface area contributed by atoms with E-state index in [1.165, 1.54) is 0 Å². The molecule has 1 atom stereocenters. The molecular weight excluding hydrogens is 178 g/mol. The molecule has 0 aliphatic rings. The Morgan fingerprint density at radius 2 is 2.14 bits per heavy atom. The molecule has 0 N–H and O–H groups in total. The first-order chi connectivity index (χ1) is 6.72. The van der Waals surface area contributed by atoms with Crippen molar-refractivity contribution >= 4 is 5.97 Å². The van der Waals surface area contributed by atoms with Gasteiger partial charge in [-0.1, -0.05) is 30.3 Å². The van der Waals surface area contributed by atoms with Crippen LogP contribution in [0.4, 0.5) is 0 Å². The van der Waals surface area contributed by atoms with E-state index < -0.39 is 6.10 Å². The van der Waals surface area contributed by atoms with E-state index in [0.717, 1.165) is 5.56 Å². The Morgan fingerprint density at radius 3 is 2.71 bits per heavy atom. The number of hydrogen-bond donors (Lipinski definition) is 0. The predicted octanol–water partition coefficient (Wildman–Crippen LogP) is 1.68. The zero-order valence-electron chi connectivity index (χ0n) is 7.93. The molecule has 3 heteroatoms. The summed E-state index contributed by atoms with van der Waals surface area (Å²) in [6, 6.07) is 11.1. The lowest BCUT2D eigenvalue weighted by molar-refractivity contribution is -0.145. The number of esters is 1. The van der Waals surface area contributed by atoms with Gasteiger partial charge in [0.2, 0.25) is 0 Å². The maximum Gasteiger partial charge on any atom is 0.311 e. The van der Waals surface area contributed by atoms with Crippen LogP contribution in [0.1, 0.15) is 12.5 Å². The first-order valence-electron chi connectivity index (χ1n) is 4.35. The van der Waals surface area contributed by atoms with Crippen molar-refractivity contribution < 1.29 is 9.53 Å². The summed E-state index contributed by atoms with van der Waals surface area (Å²) in [5, 5.41) is 8.42. The number of nitrogens with zero attached hydrogens (tertiary/aromatic N) is 1. The van der Waals surface area contributed by atoms with Crippen molar-refractivity contribution in [1.82, 2.24) is 0 Å². The summed E-state index contributed by atoms with van der Waals surface area (Å²) in [6.07, 6.45) is -0.460. The van der Waals surface area contributed by atoms with Crippen molar-refractivity contribution in [3.63, 3.8) is 0 Å². The van der Waals surface area contributed by atoms with Crippen LogP contribution in [0.3, 0.4) is 0 Å². The number of carbonyl (C=O) groups is 1. The van der Waals surface area contributed by atoms with E-state index in [1.54, 1.807) is 6.92 Å². The van der Waals surface area contributed by atoms with Crippen molar-refractivity contribution in [2.75, 3.05) is 0 Å². The molecule has 0 fully saturated rings. The van der Waals surface area contributed by atoms with Crippen LogP contribution in [0.5, 0.6) is 0 Å². The summed E-state index contributed by atoms with van der Waals surface area (Å²) < 4.78 is 4.80. The zero-order chi connectivity index (χ0) is 10.4. The third kappa shape index (κ3) is 3.28. The van der Waals surface area contributed by atoms with Crippen LogP contribution in [-0.4, -0.2) is 12.1 Å². The molecule has 1 aromatic carbocycles. The van der Waals surface area contributed by atoms with Crippen LogP contribution in [0.15, 0.2) is 30.3 Å². The van der Waals surface area contributed by atoms with Gasteiger partial charge in [-0.05, 0) is 12.5 Å². The highest BCUT2D eigenvalue weighted by atomic mass is 16.5. The number of nitriles is 1. The van der Waals surface area contributed by atoms with Crippen LogP contribution in [0.25, 0.3) is 0 Å². The van der Waals surface area contributed by atoms with Gasteiger partial charge in [-0.3, -0.25) is 4.79 Å². The molecule has 3 nitrogen and oxygen atoms in total. The normalized spacial score (nSPS) is 11.4. The minimum atomic E-state index is -0.675. The summed E-state index contributed by atoms with van der Waals surface area (Å²) in [4.78, 5) is 11.2. The van der Waals surface area contributed by atoms with Gasteiger partial charge < -0.3 is 4.74 Å². The van der Waals surface area contributed by atoms with Crippen molar-refractivity contribution in [3.8, 4) is 6.07 Å². The summed E-state index contributed by atoms with van der Waals surface area (Å²) >= 11 is 0. The molecule has 0 aliphatic carbocycles. The first-order valence-corrected chi connectivity index (χ1v) is 4.35. The second-order valence-corrected chi connectivity index (χ2v) is 2.92. The third-order valence-electron chi connectivity index (χ3n) is 1.68. The second-order valence-electron chi connectivity index (χ2n) is 2.92. The molecule has 72 valence electrons. The lowest BCUT2D eigenvalue weighted by Gasteiger charge is -2.05. The van der Waals surface area contributed by atoms with Gasteiger partial charge in [0.15, 0.2) is 6.10 Å². The molecule has 1 aromatic rings. The summed E-state index contributed by atoms with van der Waals surface area (Å²) in [7, 11) is 0. The fourth-order valence-corrected chi connectivity index (χ4v) is 1.03. The summed E-state index contributed by atoms with van der Waals surface area (Å²) in [5.41, 5.74) is 0.891. The lowest BCUT2D eigenvalue weighted by atomic mass is 10.2. The lowest BCUT2D eigenvalue weighted by Crippen LogP contribution is -2.14. The van der Waals surface area contributed by atoms with Crippen molar-refractivity contribution in [3.05, 3.63) is 35.9 Å². The number of rotatable bonds is 3. The largest absolute Gasteiger partial charge is 0.447 e. The van der Waals surface area contributed by atoms with Crippen LogP contribution in [0.2, 0.25) is 0 Å². The van der Waals surface area contributed by atoms with Crippen molar-refractivity contribution in [2.24, 2.45) is 0 Å². The monoisotopic (exact) mass is 189 g/mol. The van der Waals surface area contributed by atoms with E-state index in [4.69, 9.17) is 10.00 Å². The molecule has 0 aromatic heterocycles. The highest BCUT2D eigenvalue weighted by Crippen LogP contribution is 2.01. The summed E-state index contributed by atoms with van der Waals surface area (Å²) in [6.45, 7) is 1.54. The van der Waals surface area contributed by atoms with E-state index in [0.29, 0.717) is 0 Å². The molecule has 0 aliphatic heterocycles. The molecule has 0 saturated carbocycles. The maximum atomic E-state index is 11.2. The Bertz CT molecular complexity index is 340. The molecule has 0 amide bonds. The molecule has 0 bridgehead atoms. The second kappa shape index (κ2) is 5.03. The SMILES string of the molecule is CC(C#N)OC(=O)Cc1ccccc1. The molecule has 0 spiro atoms. The Morgan fingerprint density at radius 1 is 1.50 bits per heavy atom.